The zero-order valence-electron chi connectivity index (χ0n) is 10.7. The molecule has 0 saturated heterocycles. The number of rotatable bonds is 3. The second kappa shape index (κ2) is 4.92. The summed E-state index contributed by atoms with van der Waals surface area (Å²) >= 11 is 0. The Labute approximate surface area is 106 Å². The maximum Gasteiger partial charge on any atom is 0.216 e. The van der Waals surface area contributed by atoms with Crippen LogP contribution in [-0.2, 0) is 0 Å². The molecule has 0 aliphatic carbocycles. The van der Waals surface area contributed by atoms with E-state index in [1.54, 1.807) is 12.3 Å². The van der Waals surface area contributed by atoms with Crippen LogP contribution in [0.2, 0.25) is 0 Å². The molecule has 2 aromatic rings. The van der Waals surface area contributed by atoms with Crippen molar-refractivity contribution in [2.24, 2.45) is 0 Å². The third-order valence-corrected chi connectivity index (χ3v) is 2.76. The minimum atomic E-state index is -0.0769. The molecular weight excluding hydrogens is 226 g/mol. The van der Waals surface area contributed by atoms with Gasteiger partial charge in [-0.05, 0) is 32.4 Å². The summed E-state index contributed by atoms with van der Waals surface area (Å²) in [7, 11) is 0. The van der Waals surface area contributed by atoms with Crippen LogP contribution in [-0.4, -0.2) is 4.98 Å². The molecule has 0 spiro atoms. The smallest absolute Gasteiger partial charge is 0.216 e. The second-order valence-electron chi connectivity index (χ2n) is 4.28. The Bertz CT molecular complexity index is 595. The van der Waals surface area contributed by atoms with E-state index in [9.17, 15) is 0 Å². The summed E-state index contributed by atoms with van der Waals surface area (Å²) in [6.07, 6.45) is 1.69. The molecule has 0 amide bonds. The predicted molar refractivity (Wildman–Crippen MR) is 69.2 cm³/mol. The maximum atomic E-state index is 9.10. The topological polar surface area (TPSA) is 61.9 Å². The lowest BCUT2D eigenvalue weighted by Gasteiger charge is -2.15. The Balaban J connectivity index is 2.27. The van der Waals surface area contributed by atoms with Crippen molar-refractivity contribution < 1.29 is 4.42 Å². The van der Waals surface area contributed by atoms with E-state index < -0.39 is 0 Å². The standard InChI is InChI=1S/C14H15N3O/c1-9-5-4-6-12(7-15)13(9)17-11(3)14-16-8-10(2)18-14/h4-6,8,11,17H,1-3H3. The molecule has 1 unspecified atom stereocenters. The Morgan fingerprint density at radius 3 is 2.78 bits per heavy atom. The van der Waals surface area contributed by atoms with Crippen molar-refractivity contribution in [3.63, 3.8) is 0 Å². The van der Waals surface area contributed by atoms with Crippen molar-refractivity contribution >= 4 is 5.69 Å². The highest BCUT2D eigenvalue weighted by Gasteiger charge is 2.14. The van der Waals surface area contributed by atoms with Crippen LogP contribution in [0.15, 0.2) is 28.8 Å². The highest BCUT2D eigenvalue weighted by atomic mass is 16.4. The highest BCUT2D eigenvalue weighted by Crippen LogP contribution is 2.25. The zero-order chi connectivity index (χ0) is 13.1. The summed E-state index contributed by atoms with van der Waals surface area (Å²) in [6, 6.07) is 7.75. The predicted octanol–water partition coefficient (Wildman–Crippen LogP) is 3.34. The molecule has 0 saturated carbocycles. The minimum Gasteiger partial charge on any atom is -0.444 e. The van der Waals surface area contributed by atoms with Crippen LogP contribution < -0.4 is 5.32 Å². The number of aryl methyl sites for hydroxylation is 2. The SMILES string of the molecule is Cc1cnc(C(C)Nc2c(C)cccc2C#N)o1. The average Bonchev–Trinajstić information content (AvgIpc) is 2.78. The van der Waals surface area contributed by atoms with Gasteiger partial charge in [-0.2, -0.15) is 5.26 Å². The van der Waals surface area contributed by atoms with Crippen LogP contribution in [0.3, 0.4) is 0 Å². The lowest BCUT2D eigenvalue weighted by molar-refractivity contribution is 0.453. The summed E-state index contributed by atoms with van der Waals surface area (Å²) in [4.78, 5) is 4.18. The third kappa shape index (κ3) is 2.35. The van der Waals surface area contributed by atoms with Gasteiger partial charge in [0.1, 0.15) is 17.9 Å². The number of para-hydroxylation sites is 1. The Morgan fingerprint density at radius 1 is 1.39 bits per heavy atom. The molecule has 1 aromatic heterocycles. The van der Waals surface area contributed by atoms with Gasteiger partial charge in [-0.3, -0.25) is 0 Å². The van der Waals surface area contributed by atoms with E-state index in [-0.39, 0.29) is 6.04 Å². The van der Waals surface area contributed by atoms with Gasteiger partial charge >= 0.3 is 0 Å². The Kier molecular flexibility index (Phi) is 3.33. The number of benzene rings is 1. The first-order valence-corrected chi connectivity index (χ1v) is 5.80. The van der Waals surface area contributed by atoms with Gasteiger partial charge in [-0.25, -0.2) is 4.98 Å². The summed E-state index contributed by atoms with van der Waals surface area (Å²) in [5.41, 5.74) is 2.50. The van der Waals surface area contributed by atoms with Crippen molar-refractivity contribution in [2.75, 3.05) is 5.32 Å². The second-order valence-corrected chi connectivity index (χ2v) is 4.28. The molecule has 4 nitrogen and oxygen atoms in total. The molecule has 18 heavy (non-hydrogen) atoms. The van der Waals surface area contributed by atoms with E-state index in [1.807, 2.05) is 32.9 Å². The molecule has 0 bridgehead atoms. The lowest BCUT2D eigenvalue weighted by atomic mass is 10.1. The molecule has 1 N–H and O–H groups in total. The first kappa shape index (κ1) is 12.2. The molecule has 92 valence electrons. The molecular formula is C14H15N3O. The van der Waals surface area contributed by atoms with E-state index in [2.05, 4.69) is 16.4 Å². The van der Waals surface area contributed by atoms with Gasteiger partial charge in [0.25, 0.3) is 0 Å². The molecule has 0 fully saturated rings. The van der Waals surface area contributed by atoms with Crippen molar-refractivity contribution in [3.05, 3.63) is 47.2 Å². The number of oxazole rings is 1. The van der Waals surface area contributed by atoms with E-state index in [0.29, 0.717) is 11.5 Å². The molecule has 1 heterocycles. The van der Waals surface area contributed by atoms with E-state index in [0.717, 1.165) is 17.0 Å². The number of aromatic nitrogens is 1. The number of hydrogen-bond acceptors (Lipinski definition) is 4. The van der Waals surface area contributed by atoms with Gasteiger partial charge in [-0.15, -0.1) is 0 Å². The highest BCUT2D eigenvalue weighted by molar-refractivity contribution is 5.62. The van der Waals surface area contributed by atoms with Crippen LogP contribution in [0.1, 0.15) is 35.7 Å². The molecule has 0 aliphatic heterocycles. The molecule has 2 rings (SSSR count). The van der Waals surface area contributed by atoms with Crippen LogP contribution in [0.4, 0.5) is 5.69 Å². The van der Waals surface area contributed by atoms with Gasteiger partial charge < -0.3 is 9.73 Å². The van der Waals surface area contributed by atoms with Gasteiger partial charge in [0.15, 0.2) is 0 Å². The molecule has 1 aromatic carbocycles. The van der Waals surface area contributed by atoms with E-state index >= 15 is 0 Å². The number of nitrogens with zero attached hydrogens (tertiary/aromatic N) is 2. The zero-order valence-corrected chi connectivity index (χ0v) is 10.7. The average molecular weight is 241 g/mol. The first-order valence-electron chi connectivity index (χ1n) is 5.80. The first-order chi connectivity index (χ1) is 8.61. The van der Waals surface area contributed by atoms with Crippen LogP contribution in [0.5, 0.6) is 0 Å². The Hall–Kier alpha value is -2.28. The minimum absolute atomic E-state index is 0.0769. The fraction of sp³-hybridized carbons (Fsp3) is 0.286. The molecule has 4 heteroatoms. The van der Waals surface area contributed by atoms with Crippen LogP contribution in [0, 0.1) is 25.2 Å². The third-order valence-electron chi connectivity index (χ3n) is 2.76. The van der Waals surface area contributed by atoms with Gasteiger partial charge in [-0.1, -0.05) is 12.1 Å². The van der Waals surface area contributed by atoms with Crippen LogP contribution in [0.25, 0.3) is 0 Å². The molecule has 0 aliphatic rings. The van der Waals surface area contributed by atoms with Crippen molar-refractivity contribution in [2.45, 2.75) is 26.8 Å². The number of nitrogens with one attached hydrogen (secondary N) is 1. The monoisotopic (exact) mass is 241 g/mol. The van der Waals surface area contributed by atoms with Crippen molar-refractivity contribution in [3.8, 4) is 6.07 Å². The molecule has 1 atom stereocenters. The summed E-state index contributed by atoms with van der Waals surface area (Å²) in [6.45, 7) is 5.78. The van der Waals surface area contributed by atoms with Gasteiger partial charge in [0, 0.05) is 0 Å². The van der Waals surface area contributed by atoms with Crippen molar-refractivity contribution in [1.82, 2.24) is 4.98 Å². The van der Waals surface area contributed by atoms with Gasteiger partial charge in [0.2, 0.25) is 5.89 Å². The summed E-state index contributed by atoms with van der Waals surface area (Å²) in [5, 5.41) is 12.4. The van der Waals surface area contributed by atoms with E-state index in [4.69, 9.17) is 9.68 Å². The molecule has 0 radical (unpaired) electrons. The fourth-order valence-corrected chi connectivity index (χ4v) is 1.80. The largest absolute Gasteiger partial charge is 0.444 e. The van der Waals surface area contributed by atoms with Gasteiger partial charge in [0.05, 0.1) is 17.4 Å². The fourth-order valence-electron chi connectivity index (χ4n) is 1.80. The Morgan fingerprint density at radius 2 is 2.17 bits per heavy atom. The van der Waals surface area contributed by atoms with E-state index in [1.165, 1.54) is 0 Å². The number of anilines is 1. The normalized spacial score (nSPS) is 11.9. The van der Waals surface area contributed by atoms with Crippen molar-refractivity contribution in [1.29, 1.82) is 5.26 Å². The quantitative estimate of drug-likeness (QED) is 0.895. The summed E-state index contributed by atoms with van der Waals surface area (Å²) < 4.78 is 5.47. The number of hydrogen-bond donors (Lipinski definition) is 1. The van der Waals surface area contributed by atoms with Crippen LogP contribution >= 0.6 is 0 Å². The maximum absolute atomic E-state index is 9.10. The summed E-state index contributed by atoms with van der Waals surface area (Å²) in [5.74, 6) is 1.41. The number of nitriles is 1. The lowest BCUT2D eigenvalue weighted by Crippen LogP contribution is -2.09.